The molecule has 0 aromatic carbocycles. The minimum Gasteiger partial charge on any atom is -0.480 e. The first-order valence-corrected chi connectivity index (χ1v) is 6.26. The maximum Gasteiger partial charge on any atom is 0.326 e. The third-order valence-electron chi connectivity index (χ3n) is 3.10. The number of carbonyl (C=O) groups is 2. The molecule has 2 heterocycles. The second-order valence-corrected chi connectivity index (χ2v) is 4.49. The quantitative estimate of drug-likeness (QED) is 0.803. The fourth-order valence-corrected chi connectivity index (χ4v) is 2.03. The van der Waals surface area contributed by atoms with E-state index in [0.717, 1.165) is 0 Å². The number of urea groups is 1. The number of hydrogen-bond donors (Lipinski definition) is 2. The highest BCUT2D eigenvalue weighted by atomic mass is 16.4. The second kappa shape index (κ2) is 5.68. The molecule has 8 nitrogen and oxygen atoms in total. The lowest BCUT2D eigenvalue weighted by Crippen LogP contribution is -2.49. The minimum absolute atomic E-state index is 0.351. The topological polar surface area (TPSA) is 100 Å². The maximum absolute atomic E-state index is 12.0. The van der Waals surface area contributed by atoms with Gasteiger partial charge in [0.05, 0.1) is 6.54 Å². The molecule has 0 spiro atoms. The Morgan fingerprint density at radius 1 is 1.53 bits per heavy atom. The van der Waals surface area contributed by atoms with Crippen LogP contribution in [0.4, 0.5) is 4.79 Å². The van der Waals surface area contributed by atoms with E-state index in [9.17, 15) is 9.59 Å². The van der Waals surface area contributed by atoms with Gasteiger partial charge in [0.15, 0.2) is 5.82 Å². The van der Waals surface area contributed by atoms with Crippen LogP contribution in [0.3, 0.4) is 0 Å². The molecule has 1 aromatic heterocycles. The molecule has 19 heavy (non-hydrogen) atoms. The molecule has 2 amide bonds. The van der Waals surface area contributed by atoms with Crippen LogP contribution in [-0.4, -0.2) is 49.4 Å². The van der Waals surface area contributed by atoms with Gasteiger partial charge in [-0.3, -0.25) is 0 Å². The molecule has 1 atom stereocenters. The van der Waals surface area contributed by atoms with Crippen LogP contribution in [0.25, 0.3) is 0 Å². The predicted octanol–water partition coefficient (Wildman–Crippen LogP) is 0.0566. The fraction of sp³-hybridized carbons (Fsp3) is 0.636. The number of carboxylic acid groups (broad SMARTS) is 1. The summed E-state index contributed by atoms with van der Waals surface area (Å²) in [6, 6.07) is -1.20. The van der Waals surface area contributed by atoms with Crippen LogP contribution < -0.4 is 5.32 Å². The first kappa shape index (κ1) is 13.3. The SMILES string of the molecule is CCC[C@@H](NC(=O)N1CCn2cnnc2C1)C(=O)O. The number of aromatic nitrogens is 3. The van der Waals surface area contributed by atoms with Crippen LogP contribution in [-0.2, 0) is 17.9 Å². The number of fused-ring (bicyclic) bond motifs is 1. The number of carbonyl (C=O) groups excluding carboxylic acids is 1. The van der Waals surface area contributed by atoms with Crippen LogP contribution >= 0.6 is 0 Å². The summed E-state index contributed by atoms with van der Waals surface area (Å²) in [6.45, 7) is 3.38. The van der Waals surface area contributed by atoms with Crippen LogP contribution in [0.2, 0.25) is 0 Å². The van der Waals surface area contributed by atoms with Crippen molar-refractivity contribution < 1.29 is 14.7 Å². The average Bonchev–Trinajstić information content (AvgIpc) is 2.85. The summed E-state index contributed by atoms with van der Waals surface area (Å²) < 4.78 is 1.88. The van der Waals surface area contributed by atoms with Crippen molar-refractivity contribution in [1.82, 2.24) is 25.0 Å². The zero-order valence-electron chi connectivity index (χ0n) is 10.7. The number of rotatable bonds is 4. The summed E-state index contributed by atoms with van der Waals surface area (Å²) in [5.41, 5.74) is 0. The Hall–Kier alpha value is -2.12. The normalized spacial score (nSPS) is 15.7. The van der Waals surface area contributed by atoms with Crippen LogP contribution in [0.15, 0.2) is 6.33 Å². The third kappa shape index (κ3) is 3.01. The molecule has 0 unspecified atom stereocenters. The van der Waals surface area contributed by atoms with E-state index in [0.29, 0.717) is 38.3 Å². The fourth-order valence-electron chi connectivity index (χ4n) is 2.03. The van der Waals surface area contributed by atoms with E-state index in [2.05, 4.69) is 15.5 Å². The van der Waals surface area contributed by atoms with E-state index >= 15 is 0 Å². The molecule has 0 fully saturated rings. The standard InChI is InChI=1S/C11H17N5O3/c1-2-3-8(10(17)18)13-11(19)15-4-5-16-7-12-14-9(16)6-15/h7-8H,2-6H2,1H3,(H,13,19)(H,17,18)/t8-/m1/s1. The Morgan fingerprint density at radius 3 is 3.00 bits per heavy atom. The van der Waals surface area contributed by atoms with Gasteiger partial charge in [0, 0.05) is 13.1 Å². The summed E-state index contributed by atoms with van der Waals surface area (Å²) in [7, 11) is 0. The van der Waals surface area contributed by atoms with E-state index in [-0.39, 0.29) is 6.03 Å². The lowest BCUT2D eigenvalue weighted by atomic mass is 10.2. The van der Waals surface area contributed by atoms with Crippen molar-refractivity contribution in [2.75, 3.05) is 6.54 Å². The summed E-state index contributed by atoms with van der Waals surface area (Å²) >= 11 is 0. The van der Waals surface area contributed by atoms with E-state index in [1.807, 2.05) is 11.5 Å². The molecular formula is C11H17N5O3. The van der Waals surface area contributed by atoms with Crippen LogP contribution in [0.1, 0.15) is 25.6 Å². The van der Waals surface area contributed by atoms with Crippen molar-refractivity contribution in [2.45, 2.75) is 38.9 Å². The first-order valence-electron chi connectivity index (χ1n) is 6.26. The minimum atomic E-state index is -1.00. The van der Waals surface area contributed by atoms with Crippen LogP contribution in [0, 0.1) is 0 Å². The highest BCUT2D eigenvalue weighted by molar-refractivity contribution is 5.82. The molecule has 0 saturated heterocycles. The molecule has 8 heteroatoms. The third-order valence-corrected chi connectivity index (χ3v) is 3.10. The second-order valence-electron chi connectivity index (χ2n) is 4.49. The predicted molar refractivity (Wildman–Crippen MR) is 65.3 cm³/mol. The van der Waals surface area contributed by atoms with Gasteiger partial charge < -0.3 is 19.9 Å². The van der Waals surface area contributed by atoms with Crippen molar-refractivity contribution in [3.8, 4) is 0 Å². The maximum atomic E-state index is 12.0. The Bertz CT molecular complexity index is 473. The molecule has 1 aliphatic heterocycles. The summed E-state index contributed by atoms with van der Waals surface area (Å²) in [4.78, 5) is 24.6. The van der Waals surface area contributed by atoms with Gasteiger partial charge in [0.25, 0.3) is 0 Å². The Balaban J connectivity index is 1.95. The van der Waals surface area contributed by atoms with Crippen molar-refractivity contribution in [3.05, 3.63) is 12.2 Å². The summed E-state index contributed by atoms with van der Waals surface area (Å²) in [6.07, 6.45) is 2.75. The van der Waals surface area contributed by atoms with Gasteiger partial charge in [-0.2, -0.15) is 0 Å². The van der Waals surface area contributed by atoms with E-state index in [4.69, 9.17) is 5.11 Å². The Kier molecular flexibility index (Phi) is 3.98. The molecule has 1 aromatic rings. The Labute approximate surface area is 110 Å². The molecule has 1 aliphatic rings. The average molecular weight is 267 g/mol. The monoisotopic (exact) mass is 267 g/mol. The molecular weight excluding hydrogens is 250 g/mol. The molecule has 2 rings (SSSR count). The molecule has 0 saturated carbocycles. The van der Waals surface area contributed by atoms with Gasteiger partial charge in [-0.05, 0) is 6.42 Å². The lowest BCUT2D eigenvalue weighted by Gasteiger charge is -2.28. The summed E-state index contributed by atoms with van der Waals surface area (Å²) in [5, 5.41) is 19.2. The van der Waals surface area contributed by atoms with Gasteiger partial charge in [0.1, 0.15) is 12.4 Å². The number of aliphatic carboxylic acids is 1. The van der Waals surface area contributed by atoms with Gasteiger partial charge in [0.2, 0.25) is 0 Å². The number of carboxylic acids is 1. The van der Waals surface area contributed by atoms with Gasteiger partial charge in [-0.25, -0.2) is 9.59 Å². The van der Waals surface area contributed by atoms with Crippen molar-refractivity contribution in [3.63, 3.8) is 0 Å². The van der Waals surface area contributed by atoms with Crippen molar-refractivity contribution in [1.29, 1.82) is 0 Å². The molecule has 0 radical (unpaired) electrons. The lowest BCUT2D eigenvalue weighted by molar-refractivity contribution is -0.139. The van der Waals surface area contributed by atoms with Crippen molar-refractivity contribution >= 4 is 12.0 Å². The zero-order valence-corrected chi connectivity index (χ0v) is 10.7. The van der Waals surface area contributed by atoms with Crippen molar-refractivity contribution in [2.24, 2.45) is 0 Å². The summed E-state index contributed by atoms with van der Waals surface area (Å²) in [5.74, 6) is -0.292. The molecule has 104 valence electrons. The first-order chi connectivity index (χ1) is 9.11. The van der Waals surface area contributed by atoms with Gasteiger partial charge in [-0.1, -0.05) is 13.3 Å². The van der Waals surface area contributed by atoms with E-state index < -0.39 is 12.0 Å². The van der Waals surface area contributed by atoms with E-state index in [1.165, 1.54) is 0 Å². The van der Waals surface area contributed by atoms with Crippen LogP contribution in [0.5, 0.6) is 0 Å². The highest BCUT2D eigenvalue weighted by Crippen LogP contribution is 2.09. The van der Waals surface area contributed by atoms with E-state index in [1.54, 1.807) is 11.2 Å². The highest BCUT2D eigenvalue weighted by Gasteiger charge is 2.25. The Morgan fingerprint density at radius 2 is 2.32 bits per heavy atom. The molecule has 0 bridgehead atoms. The zero-order chi connectivity index (χ0) is 13.8. The van der Waals surface area contributed by atoms with Gasteiger partial charge >= 0.3 is 12.0 Å². The molecule has 0 aliphatic carbocycles. The number of amides is 2. The number of hydrogen-bond acceptors (Lipinski definition) is 4. The molecule has 2 N–H and O–H groups in total. The smallest absolute Gasteiger partial charge is 0.326 e. The number of nitrogens with zero attached hydrogens (tertiary/aromatic N) is 4. The largest absolute Gasteiger partial charge is 0.480 e. The van der Waals surface area contributed by atoms with Gasteiger partial charge in [-0.15, -0.1) is 10.2 Å². The number of nitrogens with one attached hydrogen (secondary N) is 1.